The Hall–Kier alpha value is -1.50. The maximum absolute atomic E-state index is 3.51. The quantitative estimate of drug-likeness (QED) is 0.753. The topological polar surface area (TPSA) is 12.0 Å². The number of hydrogen-bond donors (Lipinski definition) is 1. The van der Waals surface area contributed by atoms with Crippen molar-refractivity contribution in [2.75, 3.05) is 5.32 Å². The Morgan fingerprint density at radius 1 is 1.20 bits per heavy atom. The van der Waals surface area contributed by atoms with Crippen LogP contribution in [-0.4, -0.2) is 6.04 Å². The van der Waals surface area contributed by atoms with Crippen LogP contribution in [0.3, 0.4) is 0 Å². The highest BCUT2D eigenvalue weighted by Gasteiger charge is 2.26. The predicted molar refractivity (Wildman–Crippen MR) is 89.0 cm³/mol. The van der Waals surface area contributed by atoms with Crippen molar-refractivity contribution in [2.24, 2.45) is 5.41 Å². The van der Waals surface area contributed by atoms with Gasteiger partial charge < -0.3 is 5.32 Å². The molecule has 1 aromatic carbocycles. The molecule has 1 nitrogen and oxygen atoms in total. The van der Waals surface area contributed by atoms with Crippen molar-refractivity contribution in [3.05, 3.63) is 53.6 Å². The van der Waals surface area contributed by atoms with Gasteiger partial charge in [0.05, 0.1) is 0 Å². The predicted octanol–water partition coefficient (Wildman–Crippen LogP) is 5.57. The molecule has 0 heterocycles. The van der Waals surface area contributed by atoms with E-state index in [0.717, 1.165) is 0 Å². The van der Waals surface area contributed by atoms with E-state index in [1.807, 2.05) is 6.07 Å². The van der Waals surface area contributed by atoms with E-state index < -0.39 is 0 Å². The first-order valence-electron chi connectivity index (χ1n) is 7.69. The first kappa shape index (κ1) is 14.9. The van der Waals surface area contributed by atoms with E-state index in [0.29, 0.717) is 11.5 Å². The van der Waals surface area contributed by atoms with Gasteiger partial charge in [-0.2, -0.15) is 0 Å². The molecule has 1 heteroatoms. The zero-order chi connectivity index (χ0) is 14.6. The first-order valence-corrected chi connectivity index (χ1v) is 7.69. The van der Waals surface area contributed by atoms with Gasteiger partial charge in [-0.1, -0.05) is 49.8 Å². The standard InChI is InChI=1S/C19H27N/c1-15-9-8-14-19(3,4)18(15)13-12-16(2)20-17-10-6-5-7-11-17/h5-7,10-13,16,20H,8-9,14H2,1-4H3/b13-12+. The van der Waals surface area contributed by atoms with E-state index in [4.69, 9.17) is 0 Å². The molecular weight excluding hydrogens is 242 g/mol. The van der Waals surface area contributed by atoms with Crippen molar-refractivity contribution in [2.45, 2.75) is 53.0 Å². The number of nitrogens with one attached hydrogen (secondary N) is 1. The van der Waals surface area contributed by atoms with Crippen LogP contribution in [0.2, 0.25) is 0 Å². The molecule has 0 amide bonds. The van der Waals surface area contributed by atoms with Crippen molar-refractivity contribution in [3.8, 4) is 0 Å². The van der Waals surface area contributed by atoms with Gasteiger partial charge in [0.2, 0.25) is 0 Å². The molecule has 1 aliphatic carbocycles. The van der Waals surface area contributed by atoms with Crippen LogP contribution in [0.4, 0.5) is 5.69 Å². The van der Waals surface area contributed by atoms with Gasteiger partial charge in [-0.25, -0.2) is 0 Å². The van der Waals surface area contributed by atoms with Crippen LogP contribution in [-0.2, 0) is 0 Å². The highest BCUT2D eigenvalue weighted by Crippen LogP contribution is 2.40. The van der Waals surface area contributed by atoms with Gasteiger partial charge in [-0.3, -0.25) is 0 Å². The second kappa shape index (κ2) is 6.30. The van der Waals surface area contributed by atoms with Gasteiger partial charge in [0.1, 0.15) is 0 Å². The van der Waals surface area contributed by atoms with Crippen LogP contribution in [0.15, 0.2) is 53.6 Å². The summed E-state index contributed by atoms with van der Waals surface area (Å²) in [6, 6.07) is 10.7. The number of anilines is 1. The molecule has 0 saturated heterocycles. The van der Waals surface area contributed by atoms with Crippen LogP contribution in [0.25, 0.3) is 0 Å². The minimum Gasteiger partial charge on any atom is -0.379 e. The number of hydrogen-bond acceptors (Lipinski definition) is 1. The third kappa shape index (κ3) is 3.75. The Labute approximate surface area is 123 Å². The van der Waals surface area contributed by atoms with E-state index in [2.05, 4.69) is 69.4 Å². The summed E-state index contributed by atoms with van der Waals surface area (Å²) >= 11 is 0. The molecule has 1 unspecified atom stereocenters. The fourth-order valence-corrected chi connectivity index (χ4v) is 3.10. The van der Waals surface area contributed by atoms with Crippen LogP contribution < -0.4 is 5.32 Å². The van der Waals surface area contributed by atoms with E-state index in [9.17, 15) is 0 Å². The molecule has 1 aliphatic rings. The zero-order valence-electron chi connectivity index (χ0n) is 13.2. The minimum absolute atomic E-state index is 0.325. The third-order valence-corrected chi connectivity index (χ3v) is 4.26. The molecule has 2 rings (SSSR count). The SMILES string of the molecule is CC1=C(/C=C/C(C)Nc2ccccc2)C(C)(C)CCC1. The van der Waals surface area contributed by atoms with Gasteiger partial charge in [0.25, 0.3) is 0 Å². The summed E-state index contributed by atoms with van der Waals surface area (Å²) in [5.74, 6) is 0. The molecule has 0 aromatic heterocycles. The smallest absolute Gasteiger partial charge is 0.0419 e. The molecule has 1 atom stereocenters. The molecule has 0 fully saturated rings. The second-order valence-corrected chi connectivity index (χ2v) is 6.59. The van der Waals surface area contributed by atoms with Crippen molar-refractivity contribution < 1.29 is 0 Å². The maximum Gasteiger partial charge on any atom is 0.0419 e. The minimum atomic E-state index is 0.325. The first-order chi connectivity index (χ1) is 9.49. The highest BCUT2D eigenvalue weighted by molar-refractivity contribution is 5.44. The summed E-state index contributed by atoms with van der Waals surface area (Å²) in [6.45, 7) is 9.22. The fourth-order valence-electron chi connectivity index (χ4n) is 3.10. The van der Waals surface area contributed by atoms with Crippen LogP contribution in [0, 0.1) is 5.41 Å². The summed E-state index contributed by atoms with van der Waals surface area (Å²) in [6.07, 6.45) is 8.51. The monoisotopic (exact) mass is 269 g/mol. The Balaban J connectivity index is 2.05. The molecule has 20 heavy (non-hydrogen) atoms. The molecule has 0 aliphatic heterocycles. The Bertz CT molecular complexity index is 494. The lowest BCUT2D eigenvalue weighted by molar-refractivity contribution is 0.376. The largest absolute Gasteiger partial charge is 0.379 e. The summed E-state index contributed by atoms with van der Waals surface area (Å²) in [5, 5.41) is 3.51. The molecular formula is C19H27N. The second-order valence-electron chi connectivity index (χ2n) is 6.59. The van der Waals surface area contributed by atoms with E-state index >= 15 is 0 Å². The maximum atomic E-state index is 3.51. The van der Waals surface area contributed by atoms with E-state index in [1.165, 1.54) is 30.5 Å². The molecule has 0 spiro atoms. The molecule has 108 valence electrons. The molecule has 0 bridgehead atoms. The summed E-state index contributed by atoms with van der Waals surface area (Å²) in [7, 11) is 0. The highest BCUT2D eigenvalue weighted by atomic mass is 14.9. The van der Waals surface area contributed by atoms with Gasteiger partial charge in [0.15, 0.2) is 0 Å². The Morgan fingerprint density at radius 2 is 1.90 bits per heavy atom. The van der Waals surface area contributed by atoms with Gasteiger partial charge >= 0.3 is 0 Å². The normalized spacial score (nSPS) is 20.2. The number of allylic oxidation sites excluding steroid dienone is 3. The summed E-state index contributed by atoms with van der Waals surface area (Å²) in [5.41, 5.74) is 4.60. The van der Waals surface area contributed by atoms with E-state index in [1.54, 1.807) is 5.57 Å². The van der Waals surface area contributed by atoms with Crippen molar-refractivity contribution in [1.29, 1.82) is 0 Å². The molecule has 0 saturated carbocycles. The van der Waals surface area contributed by atoms with Crippen LogP contribution in [0.5, 0.6) is 0 Å². The molecule has 0 radical (unpaired) electrons. The van der Waals surface area contributed by atoms with Gasteiger partial charge in [-0.05, 0) is 56.2 Å². The van der Waals surface area contributed by atoms with Crippen LogP contribution in [0.1, 0.15) is 47.0 Å². The molecule has 1 N–H and O–H groups in total. The van der Waals surface area contributed by atoms with Crippen molar-refractivity contribution in [3.63, 3.8) is 0 Å². The number of rotatable bonds is 4. The Kier molecular flexibility index (Phi) is 4.69. The van der Waals surface area contributed by atoms with Crippen molar-refractivity contribution in [1.82, 2.24) is 0 Å². The number of para-hydroxylation sites is 1. The van der Waals surface area contributed by atoms with E-state index in [-0.39, 0.29) is 0 Å². The average Bonchev–Trinajstić information content (AvgIpc) is 2.38. The lowest BCUT2D eigenvalue weighted by Crippen LogP contribution is -2.20. The third-order valence-electron chi connectivity index (χ3n) is 4.26. The van der Waals surface area contributed by atoms with Crippen molar-refractivity contribution >= 4 is 5.69 Å². The average molecular weight is 269 g/mol. The lowest BCUT2D eigenvalue weighted by atomic mass is 9.72. The van der Waals surface area contributed by atoms with Gasteiger partial charge in [-0.15, -0.1) is 0 Å². The molecule has 1 aromatic rings. The lowest BCUT2D eigenvalue weighted by Gasteiger charge is -2.33. The zero-order valence-corrected chi connectivity index (χ0v) is 13.2. The van der Waals surface area contributed by atoms with Gasteiger partial charge in [0, 0.05) is 11.7 Å². The van der Waals surface area contributed by atoms with Crippen LogP contribution >= 0.6 is 0 Å². The number of benzene rings is 1. The summed E-state index contributed by atoms with van der Waals surface area (Å²) < 4.78 is 0. The fraction of sp³-hybridized carbons (Fsp3) is 0.474. The Morgan fingerprint density at radius 3 is 2.55 bits per heavy atom. The summed E-state index contributed by atoms with van der Waals surface area (Å²) in [4.78, 5) is 0.